The predicted octanol–water partition coefficient (Wildman–Crippen LogP) is 5.31. The summed E-state index contributed by atoms with van der Waals surface area (Å²) in [5.74, 6) is 0.536. The Morgan fingerprint density at radius 3 is 2.30 bits per heavy atom. The lowest BCUT2D eigenvalue weighted by Crippen LogP contribution is -2.37. The number of carbonyl (C=O) groups excluding carboxylic acids is 1. The van der Waals surface area contributed by atoms with Crippen LogP contribution in [0, 0.1) is 0 Å². The van der Waals surface area contributed by atoms with Gasteiger partial charge in [0.05, 0.1) is 16.9 Å². The van der Waals surface area contributed by atoms with Gasteiger partial charge in [0.15, 0.2) is 0 Å². The monoisotopic (exact) mass is 459 g/mol. The number of hydrogen-bond acceptors (Lipinski definition) is 3. The number of nitrogens with zero attached hydrogens (tertiary/aromatic N) is 3. The van der Waals surface area contributed by atoms with Crippen molar-refractivity contribution >= 4 is 28.4 Å². The van der Waals surface area contributed by atoms with Gasteiger partial charge in [-0.1, -0.05) is 72.3 Å². The molecule has 5 nitrogen and oxygen atoms in total. The molecule has 1 aromatic heterocycles. The second-order valence-electron chi connectivity index (χ2n) is 8.16. The van der Waals surface area contributed by atoms with Crippen LogP contribution in [0.2, 0.25) is 5.02 Å². The molecule has 0 aliphatic carbocycles. The van der Waals surface area contributed by atoms with Gasteiger partial charge in [-0.2, -0.15) is 0 Å². The Balaban J connectivity index is 1.69. The molecular formula is C27H26ClN3O2. The molecule has 6 heteroatoms. The summed E-state index contributed by atoms with van der Waals surface area (Å²) >= 11 is 6.15. The molecular weight excluding hydrogens is 434 g/mol. The molecule has 0 spiro atoms. The molecule has 0 bridgehead atoms. The van der Waals surface area contributed by atoms with Gasteiger partial charge in [0.25, 0.3) is 5.56 Å². The highest BCUT2D eigenvalue weighted by Gasteiger charge is 2.25. The van der Waals surface area contributed by atoms with Gasteiger partial charge in [-0.25, -0.2) is 4.98 Å². The van der Waals surface area contributed by atoms with E-state index >= 15 is 0 Å². The van der Waals surface area contributed by atoms with Crippen LogP contribution in [0.1, 0.15) is 36.3 Å². The van der Waals surface area contributed by atoms with Crippen molar-refractivity contribution in [2.24, 2.45) is 7.05 Å². The van der Waals surface area contributed by atoms with E-state index in [9.17, 15) is 9.59 Å². The molecule has 0 aliphatic rings. The summed E-state index contributed by atoms with van der Waals surface area (Å²) in [5.41, 5.74) is 2.51. The number of hydrogen-bond donors (Lipinski definition) is 0. The van der Waals surface area contributed by atoms with Crippen molar-refractivity contribution in [3.63, 3.8) is 0 Å². The lowest BCUT2D eigenvalue weighted by molar-refractivity contribution is -0.134. The molecule has 1 heterocycles. The average Bonchev–Trinajstić information content (AvgIpc) is 2.84. The summed E-state index contributed by atoms with van der Waals surface area (Å²) in [6.07, 6.45) is 1.02. The molecule has 0 saturated carbocycles. The predicted molar refractivity (Wildman–Crippen MR) is 132 cm³/mol. The Morgan fingerprint density at radius 2 is 1.64 bits per heavy atom. The number of rotatable bonds is 7. The molecule has 0 aliphatic heterocycles. The van der Waals surface area contributed by atoms with Crippen LogP contribution in [-0.4, -0.2) is 20.4 Å². The number of fused-ring (bicyclic) bond motifs is 1. The summed E-state index contributed by atoms with van der Waals surface area (Å²) in [5, 5.41) is 1.02. The Kier molecular flexibility index (Phi) is 6.90. The van der Waals surface area contributed by atoms with Crippen molar-refractivity contribution in [3.8, 4) is 0 Å². The van der Waals surface area contributed by atoms with Crippen LogP contribution in [0.4, 0.5) is 0 Å². The summed E-state index contributed by atoms with van der Waals surface area (Å²) < 4.78 is 1.53. The second kappa shape index (κ2) is 10.0. The first-order valence-corrected chi connectivity index (χ1v) is 11.4. The SMILES string of the molecule is CC(c1nc2cc(Cl)ccc2c(=O)n1C)N(Cc1ccccc1)C(=O)CCc1ccccc1. The van der Waals surface area contributed by atoms with E-state index in [4.69, 9.17) is 16.6 Å². The maximum Gasteiger partial charge on any atom is 0.261 e. The van der Waals surface area contributed by atoms with E-state index < -0.39 is 6.04 Å². The molecule has 4 rings (SSSR count). The van der Waals surface area contributed by atoms with Crippen LogP contribution in [0.3, 0.4) is 0 Å². The normalized spacial score (nSPS) is 12.0. The van der Waals surface area contributed by atoms with Crippen LogP contribution >= 0.6 is 11.6 Å². The minimum absolute atomic E-state index is 0.00986. The standard InChI is InChI=1S/C27H26ClN3O2/c1-19(26-29-24-17-22(28)14-15-23(24)27(33)30(26)2)31(18-21-11-7-4-8-12-21)25(32)16-13-20-9-5-3-6-10-20/h3-12,14-15,17,19H,13,16,18H2,1-2H3. The van der Waals surface area contributed by atoms with Crippen molar-refractivity contribution in [1.82, 2.24) is 14.5 Å². The minimum atomic E-state index is -0.408. The summed E-state index contributed by atoms with van der Waals surface area (Å²) in [6.45, 7) is 2.35. The van der Waals surface area contributed by atoms with Crippen molar-refractivity contribution in [2.75, 3.05) is 0 Å². The molecule has 1 unspecified atom stereocenters. The number of aromatic nitrogens is 2. The number of amides is 1. The smallest absolute Gasteiger partial charge is 0.261 e. The first-order valence-electron chi connectivity index (χ1n) is 11.0. The Bertz CT molecular complexity index is 1320. The van der Waals surface area contributed by atoms with Gasteiger partial charge in [-0.05, 0) is 42.7 Å². The first kappa shape index (κ1) is 22.7. The third-order valence-corrected chi connectivity index (χ3v) is 6.14. The Morgan fingerprint density at radius 1 is 1.00 bits per heavy atom. The number of carbonyl (C=O) groups is 1. The lowest BCUT2D eigenvalue weighted by atomic mass is 10.1. The van der Waals surface area contributed by atoms with E-state index in [1.54, 1.807) is 30.1 Å². The van der Waals surface area contributed by atoms with Gasteiger partial charge in [0.2, 0.25) is 5.91 Å². The molecule has 1 amide bonds. The van der Waals surface area contributed by atoms with E-state index in [0.29, 0.717) is 41.1 Å². The summed E-state index contributed by atoms with van der Waals surface area (Å²) in [7, 11) is 1.70. The number of benzene rings is 3. The highest BCUT2D eigenvalue weighted by atomic mass is 35.5. The molecule has 4 aromatic rings. The van der Waals surface area contributed by atoms with Gasteiger partial charge in [0.1, 0.15) is 5.82 Å². The third kappa shape index (κ3) is 5.15. The first-order chi connectivity index (χ1) is 15.9. The molecule has 3 aromatic carbocycles. The molecule has 168 valence electrons. The molecule has 0 saturated heterocycles. The molecule has 0 fully saturated rings. The van der Waals surface area contributed by atoms with E-state index in [2.05, 4.69) is 0 Å². The summed E-state index contributed by atoms with van der Waals surface area (Å²) in [4.78, 5) is 33.0. The molecule has 1 atom stereocenters. The second-order valence-corrected chi connectivity index (χ2v) is 8.60. The topological polar surface area (TPSA) is 55.2 Å². The van der Waals surface area contributed by atoms with E-state index in [-0.39, 0.29) is 11.5 Å². The zero-order chi connectivity index (χ0) is 23.4. The fraction of sp³-hybridized carbons (Fsp3) is 0.222. The van der Waals surface area contributed by atoms with E-state index in [1.165, 1.54) is 4.57 Å². The minimum Gasteiger partial charge on any atom is -0.328 e. The van der Waals surface area contributed by atoms with Crippen molar-refractivity contribution in [3.05, 3.63) is 111 Å². The highest BCUT2D eigenvalue weighted by Crippen LogP contribution is 2.24. The van der Waals surface area contributed by atoms with Gasteiger partial charge in [-0.15, -0.1) is 0 Å². The van der Waals surface area contributed by atoms with Gasteiger partial charge in [0, 0.05) is 25.0 Å². The fourth-order valence-corrected chi connectivity index (χ4v) is 4.20. The zero-order valence-corrected chi connectivity index (χ0v) is 19.5. The van der Waals surface area contributed by atoms with Crippen LogP contribution in [0.25, 0.3) is 10.9 Å². The highest BCUT2D eigenvalue weighted by molar-refractivity contribution is 6.31. The van der Waals surface area contributed by atoms with Crippen LogP contribution < -0.4 is 5.56 Å². The Labute approximate surface area is 198 Å². The zero-order valence-electron chi connectivity index (χ0n) is 18.7. The third-order valence-electron chi connectivity index (χ3n) is 5.90. The Hall–Kier alpha value is -3.44. The van der Waals surface area contributed by atoms with Crippen LogP contribution in [0.5, 0.6) is 0 Å². The van der Waals surface area contributed by atoms with E-state index in [0.717, 1.165) is 11.1 Å². The van der Waals surface area contributed by atoms with Crippen LogP contribution in [-0.2, 0) is 24.8 Å². The average molecular weight is 460 g/mol. The largest absolute Gasteiger partial charge is 0.328 e. The number of halogens is 1. The van der Waals surface area contributed by atoms with Crippen molar-refractivity contribution in [1.29, 1.82) is 0 Å². The van der Waals surface area contributed by atoms with Crippen molar-refractivity contribution in [2.45, 2.75) is 32.4 Å². The van der Waals surface area contributed by atoms with Gasteiger partial charge in [-0.3, -0.25) is 14.2 Å². The fourth-order valence-electron chi connectivity index (χ4n) is 4.04. The maximum absolute atomic E-state index is 13.4. The van der Waals surface area contributed by atoms with E-state index in [1.807, 2.05) is 67.6 Å². The maximum atomic E-state index is 13.4. The lowest BCUT2D eigenvalue weighted by Gasteiger charge is -2.30. The quantitative estimate of drug-likeness (QED) is 0.376. The molecule has 0 radical (unpaired) electrons. The number of aryl methyl sites for hydroxylation is 1. The molecule has 33 heavy (non-hydrogen) atoms. The van der Waals surface area contributed by atoms with Gasteiger partial charge < -0.3 is 4.90 Å². The van der Waals surface area contributed by atoms with Gasteiger partial charge >= 0.3 is 0 Å². The summed E-state index contributed by atoms with van der Waals surface area (Å²) in [6, 6.07) is 24.5. The molecule has 0 N–H and O–H groups in total. The van der Waals surface area contributed by atoms with Crippen molar-refractivity contribution < 1.29 is 4.79 Å². The van der Waals surface area contributed by atoms with Crippen LogP contribution in [0.15, 0.2) is 83.7 Å².